The van der Waals surface area contributed by atoms with Crippen LogP contribution in [0.3, 0.4) is 0 Å². The monoisotopic (exact) mass is 377 g/mol. The number of aromatic hydroxyl groups is 1. The van der Waals surface area contributed by atoms with E-state index in [2.05, 4.69) is 0 Å². The van der Waals surface area contributed by atoms with Crippen LogP contribution in [0.25, 0.3) is 0 Å². The zero-order chi connectivity index (χ0) is 19.5. The molecule has 1 rings (SSSR count). The van der Waals surface area contributed by atoms with E-state index in [1.807, 2.05) is 41.5 Å². The highest BCUT2D eigenvalue weighted by molar-refractivity contribution is 7.47. The van der Waals surface area contributed by atoms with Crippen molar-refractivity contribution < 1.29 is 33.8 Å². The first-order valence-corrected chi connectivity index (χ1v) is 9.97. The van der Waals surface area contributed by atoms with E-state index < -0.39 is 22.0 Å². The van der Waals surface area contributed by atoms with Crippen molar-refractivity contribution in [2.24, 2.45) is 0 Å². The van der Waals surface area contributed by atoms with Crippen LogP contribution in [-0.2, 0) is 26.1 Å². The molecule has 0 fully saturated rings. The van der Waals surface area contributed by atoms with Gasteiger partial charge in [-0.2, -0.15) is 0 Å². The third-order valence-corrected chi connectivity index (χ3v) is 3.91. The maximum Gasteiger partial charge on any atom is 0.276 e. The van der Waals surface area contributed by atoms with E-state index >= 15 is 0 Å². The molecular formula is C15H23O7P2-3. The second kappa shape index (κ2) is 8.05. The summed E-state index contributed by atoms with van der Waals surface area (Å²) in [6.45, 7) is 11.6. The highest BCUT2D eigenvalue weighted by Crippen LogP contribution is 2.41. The number of hydrogen-bond acceptors (Lipinski definition) is 7. The molecule has 9 heteroatoms. The lowest BCUT2D eigenvalue weighted by Crippen LogP contribution is -2.20. The van der Waals surface area contributed by atoms with Gasteiger partial charge in [-0.3, -0.25) is 0 Å². The van der Waals surface area contributed by atoms with Crippen LogP contribution in [0.1, 0.15) is 58.2 Å². The molecule has 0 spiro atoms. The number of rotatable bonds is 2. The van der Waals surface area contributed by atoms with Crippen molar-refractivity contribution in [1.29, 1.82) is 0 Å². The lowest BCUT2D eigenvalue weighted by molar-refractivity contribution is -0.314. The van der Waals surface area contributed by atoms with Crippen molar-refractivity contribution in [3.63, 3.8) is 0 Å². The highest BCUT2D eigenvalue weighted by atomic mass is 31.2. The van der Waals surface area contributed by atoms with Crippen LogP contribution in [-0.4, -0.2) is 5.11 Å². The molecule has 0 aliphatic carbocycles. The molecule has 0 aromatic heterocycles. The maximum atomic E-state index is 11.0. The van der Waals surface area contributed by atoms with Gasteiger partial charge >= 0.3 is 0 Å². The summed E-state index contributed by atoms with van der Waals surface area (Å²) in [6.07, 6.45) is -0.528. The van der Waals surface area contributed by atoms with Gasteiger partial charge in [0, 0.05) is 6.16 Å². The second-order valence-electron chi connectivity index (χ2n) is 7.53. The quantitative estimate of drug-likeness (QED) is 0.749. The first-order chi connectivity index (χ1) is 10.4. The normalized spacial score (nSPS) is 12.4. The molecule has 1 aromatic rings. The van der Waals surface area contributed by atoms with Crippen molar-refractivity contribution in [1.82, 2.24) is 0 Å². The maximum absolute atomic E-state index is 11.0. The predicted molar refractivity (Wildman–Crippen MR) is 84.4 cm³/mol. The fraction of sp³-hybridized carbons (Fsp3) is 0.600. The summed E-state index contributed by atoms with van der Waals surface area (Å²) in [5.41, 5.74) is 1.08. The molecule has 0 unspecified atom stereocenters. The molecule has 0 aliphatic rings. The van der Waals surface area contributed by atoms with Crippen LogP contribution in [0, 0.1) is 0 Å². The van der Waals surface area contributed by atoms with Gasteiger partial charge in [0.15, 0.2) is 0 Å². The third kappa shape index (κ3) is 8.34. The Morgan fingerprint density at radius 2 is 1.29 bits per heavy atom. The van der Waals surface area contributed by atoms with E-state index in [0.717, 1.165) is 0 Å². The molecule has 0 aliphatic heterocycles. The summed E-state index contributed by atoms with van der Waals surface area (Å²) >= 11 is 0. The zero-order valence-corrected chi connectivity index (χ0v) is 16.4. The van der Waals surface area contributed by atoms with Gasteiger partial charge in [-0.25, -0.2) is 0 Å². The van der Waals surface area contributed by atoms with Crippen molar-refractivity contribution in [3.8, 4) is 5.75 Å². The van der Waals surface area contributed by atoms with E-state index in [1.54, 1.807) is 12.1 Å². The van der Waals surface area contributed by atoms with Gasteiger partial charge in [-0.05, 0) is 27.5 Å². The topological polar surface area (TPSA) is 147 Å². The van der Waals surface area contributed by atoms with E-state index in [4.69, 9.17) is 14.4 Å². The molecule has 0 saturated heterocycles. The second-order valence-corrected chi connectivity index (χ2v) is 9.52. The van der Waals surface area contributed by atoms with Gasteiger partial charge in [-0.15, -0.1) is 0 Å². The molecule has 0 atom stereocenters. The van der Waals surface area contributed by atoms with Crippen LogP contribution in [0.15, 0.2) is 12.1 Å². The van der Waals surface area contributed by atoms with Crippen molar-refractivity contribution in [2.75, 3.05) is 0 Å². The van der Waals surface area contributed by atoms with Crippen LogP contribution < -0.4 is 19.6 Å². The molecular weight excluding hydrogens is 354 g/mol. The number of benzene rings is 1. The van der Waals surface area contributed by atoms with Gasteiger partial charge < -0.3 is 29.2 Å². The van der Waals surface area contributed by atoms with Crippen LogP contribution in [0.5, 0.6) is 5.75 Å². The Morgan fingerprint density at radius 3 is 1.50 bits per heavy atom. The van der Waals surface area contributed by atoms with Crippen LogP contribution in [0.4, 0.5) is 0 Å². The summed E-state index contributed by atoms with van der Waals surface area (Å²) in [4.78, 5) is 39.0. The van der Waals surface area contributed by atoms with E-state index in [-0.39, 0.29) is 16.6 Å². The van der Waals surface area contributed by atoms with Gasteiger partial charge in [0.25, 0.3) is 8.25 Å². The minimum absolute atomic E-state index is 0.181. The van der Waals surface area contributed by atoms with Gasteiger partial charge in [0.1, 0.15) is 5.75 Å². The average molecular weight is 377 g/mol. The summed E-state index contributed by atoms with van der Waals surface area (Å²) in [7, 11) is -8.00. The summed E-state index contributed by atoms with van der Waals surface area (Å²) < 4.78 is 19.5. The molecule has 7 nitrogen and oxygen atoms in total. The number of hydrogen-bond donors (Lipinski definition) is 1. The smallest absolute Gasteiger partial charge is 0.276 e. The molecule has 0 bridgehead atoms. The Kier molecular flexibility index (Phi) is 7.77. The Balaban J connectivity index is 0.00000118. The minimum Gasteiger partial charge on any atom is -0.810 e. The number of phenols is 1. The highest BCUT2D eigenvalue weighted by Gasteiger charge is 2.26. The molecule has 0 saturated carbocycles. The van der Waals surface area contributed by atoms with Crippen LogP contribution in [0.2, 0.25) is 0 Å². The Bertz CT molecular complexity index is 597. The molecule has 0 amide bonds. The first-order valence-electron chi connectivity index (χ1n) is 7.14. The van der Waals surface area contributed by atoms with Crippen molar-refractivity contribution in [2.45, 2.75) is 58.5 Å². The van der Waals surface area contributed by atoms with Gasteiger partial charge in [-0.1, -0.05) is 65.8 Å². The standard InChI is InChI=1S/C15H25O4P.HO3P/c1-14(2,3)11-7-10(9-20(17,18)19)8-12(13(11)16)15(4,5)6;1-4(2)3/h7-8,16H,9H2,1-6H3,(H2,17,18,19);(H,1,2,3)/p-3. The zero-order valence-electron chi connectivity index (χ0n) is 14.7. The SMILES string of the molecule is CC(C)(C)c1cc(CP(=O)([O-])[O-])cc(C(C)(C)C)c1O.O=[P+]([O-])[O-]. The number of phenolic OH excluding ortho intramolecular Hbond substituents is 1. The van der Waals surface area contributed by atoms with Crippen molar-refractivity contribution in [3.05, 3.63) is 28.8 Å². The lowest BCUT2D eigenvalue weighted by Gasteiger charge is -2.32. The molecule has 24 heavy (non-hydrogen) atoms. The van der Waals surface area contributed by atoms with E-state index in [9.17, 15) is 19.5 Å². The largest absolute Gasteiger partial charge is 0.810 e. The Morgan fingerprint density at radius 1 is 1.00 bits per heavy atom. The molecule has 0 heterocycles. The molecule has 138 valence electrons. The average Bonchev–Trinajstić information content (AvgIpc) is 2.25. The Labute approximate surface area is 143 Å². The molecule has 1 N–H and O–H groups in total. The third-order valence-electron chi connectivity index (χ3n) is 3.16. The van der Waals surface area contributed by atoms with Gasteiger partial charge in [0.2, 0.25) is 0 Å². The van der Waals surface area contributed by atoms with E-state index in [1.165, 1.54) is 0 Å². The molecule has 1 aromatic carbocycles. The molecule has 0 radical (unpaired) electrons. The fourth-order valence-corrected chi connectivity index (χ4v) is 2.78. The van der Waals surface area contributed by atoms with Gasteiger partial charge in [0.05, 0.1) is 0 Å². The first kappa shape index (κ1) is 23.2. The summed E-state index contributed by atoms with van der Waals surface area (Å²) in [5, 5.41) is 10.5. The Hall–Kier alpha value is -0.810. The predicted octanol–water partition coefficient (Wildman–Crippen LogP) is 0.765. The minimum atomic E-state index is -4.63. The fourth-order valence-electron chi connectivity index (χ4n) is 2.15. The van der Waals surface area contributed by atoms with E-state index in [0.29, 0.717) is 16.7 Å². The summed E-state index contributed by atoms with van der Waals surface area (Å²) in [5.74, 6) is 0.181. The summed E-state index contributed by atoms with van der Waals surface area (Å²) in [6, 6.07) is 3.24. The van der Waals surface area contributed by atoms with Crippen LogP contribution >= 0.6 is 15.9 Å². The van der Waals surface area contributed by atoms with Crippen molar-refractivity contribution >= 4 is 15.9 Å². The lowest BCUT2D eigenvalue weighted by atomic mass is 9.78.